The highest BCUT2D eigenvalue weighted by molar-refractivity contribution is 7.99. The van der Waals surface area contributed by atoms with E-state index in [4.69, 9.17) is 14.5 Å². The van der Waals surface area contributed by atoms with E-state index in [1.54, 1.807) is 14.2 Å². The lowest BCUT2D eigenvalue weighted by molar-refractivity contribution is 0.415. The van der Waals surface area contributed by atoms with Crippen LogP contribution in [0.15, 0.2) is 53.7 Å². The fourth-order valence-electron chi connectivity index (χ4n) is 3.92. The van der Waals surface area contributed by atoms with Crippen LogP contribution in [0.3, 0.4) is 0 Å². The molecule has 1 aliphatic carbocycles. The summed E-state index contributed by atoms with van der Waals surface area (Å²) in [5, 5.41) is 1.70. The molecule has 28 heavy (non-hydrogen) atoms. The largest absolute Gasteiger partial charge is 0.496 e. The summed E-state index contributed by atoms with van der Waals surface area (Å²) >= 11 is 1.90. The summed E-state index contributed by atoms with van der Waals surface area (Å²) in [7, 11) is 5.52. The van der Waals surface area contributed by atoms with Crippen molar-refractivity contribution in [2.24, 2.45) is 7.05 Å². The van der Waals surface area contributed by atoms with Crippen molar-refractivity contribution in [3.8, 4) is 34.0 Å². The van der Waals surface area contributed by atoms with Gasteiger partial charge in [-0.15, -0.1) is 0 Å². The third-order valence-electron chi connectivity index (χ3n) is 5.35. The Morgan fingerprint density at radius 3 is 2.11 bits per heavy atom. The number of ether oxygens (including phenoxy) is 2. The molecule has 4 rings (SSSR count). The number of hydrogen-bond donors (Lipinski definition) is 0. The zero-order valence-electron chi connectivity index (χ0n) is 16.6. The first-order valence-electron chi connectivity index (χ1n) is 9.73. The highest BCUT2D eigenvalue weighted by Gasteiger charge is 2.25. The second-order valence-corrected chi connectivity index (χ2v) is 8.34. The molecular weight excluding hydrogens is 368 g/mol. The molecule has 0 atom stereocenters. The third kappa shape index (κ3) is 3.51. The van der Waals surface area contributed by atoms with E-state index in [9.17, 15) is 0 Å². The van der Waals surface area contributed by atoms with E-state index in [1.165, 1.54) is 25.7 Å². The minimum atomic E-state index is 0.650. The van der Waals surface area contributed by atoms with Crippen LogP contribution in [0.25, 0.3) is 22.5 Å². The van der Waals surface area contributed by atoms with Gasteiger partial charge in [0, 0.05) is 23.4 Å². The van der Waals surface area contributed by atoms with Crippen LogP contribution < -0.4 is 9.47 Å². The van der Waals surface area contributed by atoms with E-state index in [-0.39, 0.29) is 0 Å². The first kappa shape index (κ1) is 18.9. The number of aromatic nitrogens is 2. The number of rotatable bonds is 6. The number of benzene rings is 2. The Balaban J connectivity index is 1.90. The summed E-state index contributed by atoms with van der Waals surface area (Å²) in [5.74, 6) is 1.67. The summed E-state index contributed by atoms with van der Waals surface area (Å²) in [6.45, 7) is 0. The molecule has 146 valence electrons. The summed E-state index contributed by atoms with van der Waals surface area (Å²) in [5.41, 5.74) is 4.03. The van der Waals surface area contributed by atoms with Crippen molar-refractivity contribution < 1.29 is 9.47 Å². The molecule has 1 fully saturated rings. The zero-order chi connectivity index (χ0) is 19.5. The van der Waals surface area contributed by atoms with Gasteiger partial charge in [-0.25, -0.2) is 4.98 Å². The van der Waals surface area contributed by atoms with Gasteiger partial charge < -0.3 is 14.0 Å². The average Bonchev–Trinajstić information content (AvgIpc) is 3.36. The van der Waals surface area contributed by atoms with Crippen molar-refractivity contribution in [1.82, 2.24) is 9.55 Å². The average molecular weight is 395 g/mol. The molecule has 0 spiro atoms. The molecule has 3 aromatic rings. The van der Waals surface area contributed by atoms with E-state index < -0.39 is 0 Å². The minimum absolute atomic E-state index is 0.650. The van der Waals surface area contributed by atoms with Crippen molar-refractivity contribution in [2.45, 2.75) is 36.1 Å². The van der Waals surface area contributed by atoms with Crippen molar-refractivity contribution in [3.63, 3.8) is 0 Å². The molecule has 5 heteroatoms. The van der Waals surface area contributed by atoms with Crippen LogP contribution in [0.5, 0.6) is 11.5 Å². The second kappa shape index (κ2) is 8.31. The molecule has 1 heterocycles. The Labute approximate surface area is 170 Å². The predicted octanol–water partition coefficient (Wildman–Crippen LogP) is 5.81. The van der Waals surface area contributed by atoms with Gasteiger partial charge in [-0.1, -0.05) is 48.9 Å². The monoisotopic (exact) mass is 394 g/mol. The summed E-state index contributed by atoms with van der Waals surface area (Å²) in [6, 6.07) is 16.2. The van der Waals surface area contributed by atoms with Gasteiger partial charge in [-0.05, 0) is 37.1 Å². The molecule has 4 nitrogen and oxygen atoms in total. The smallest absolute Gasteiger partial charge is 0.169 e. The molecule has 0 saturated heterocycles. The summed E-state index contributed by atoms with van der Waals surface area (Å²) in [4.78, 5) is 5.09. The van der Waals surface area contributed by atoms with E-state index >= 15 is 0 Å². The Hall–Kier alpha value is -2.40. The van der Waals surface area contributed by atoms with Crippen LogP contribution in [-0.2, 0) is 7.05 Å². The van der Waals surface area contributed by atoms with Gasteiger partial charge >= 0.3 is 0 Å². The number of hydrogen-bond acceptors (Lipinski definition) is 4. The van der Waals surface area contributed by atoms with Crippen LogP contribution in [0.2, 0.25) is 0 Å². The molecule has 0 N–H and O–H groups in total. The summed E-state index contributed by atoms with van der Waals surface area (Å²) in [6.07, 6.45) is 5.18. The van der Waals surface area contributed by atoms with Crippen molar-refractivity contribution >= 4 is 11.8 Å². The lowest BCUT2D eigenvalue weighted by atomic mass is 10.0. The molecular formula is C23H26N2O2S. The standard InChI is InChI=1S/C23H26N2O2S/c1-25-22(18-13-7-9-15-20(18)27-3)21(17-12-6-8-14-19(17)26-2)24-23(25)28-16-10-4-5-11-16/h6-9,12-16H,4-5,10-11H2,1-3H3. The van der Waals surface area contributed by atoms with Crippen molar-refractivity contribution in [3.05, 3.63) is 48.5 Å². The van der Waals surface area contributed by atoms with Gasteiger partial charge in [0.2, 0.25) is 0 Å². The van der Waals surface area contributed by atoms with Crippen molar-refractivity contribution in [1.29, 1.82) is 0 Å². The highest BCUT2D eigenvalue weighted by Crippen LogP contribution is 2.43. The topological polar surface area (TPSA) is 36.3 Å². The fourth-order valence-corrected chi connectivity index (χ4v) is 5.18. The van der Waals surface area contributed by atoms with Gasteiger partial charge in [0.15, 0.2) is 5.16 Å². The van der Waals surface area contributed by atoms with Gasteiger partial charge in [0.05, 0.1) is 19.9 Å². The van der Waals surface area contributed by atoms with Gasteiger partial charge in [-0.2, -0.15) is 0 Å². The number of thioether (sulfide) groups is 1. The highest BCUT2D eigenvalue weighted by atomic mass is 32.2. The first-order valence-corrected chi connectivity index (χ1v) is 10.6. The molecule has 1 saturated carbocycles. The molecule has 0 amide bonds. The van der Waals surface area contributed by atoms with E-state index in [0.29, 0.717) is 5.25 Å². The number of nitrogens with zero attached hydrogens (tertiary/aromatic N) is 2. The van der Waals surface area contributed by atoms with E-state index in [1.807, 2.05) is 48.2 Å². The second-order valence-electron chi connectivity index (χ2n) is 7.08. The maximum absolute atomic E-state index is 5.67. The third-order valence-corrected chi connectivity index (χ3v) is 6.73. The maximum Gasteiger partial charge on any atom is 0.169 e. The lowest BCUT2D eigenvalue weighted by Gasteiger charge is -2.13. The number of imidazole rings is 1. The van der Waals surface area contributed by atoms with Gasteiger partial charge in [-0.3, -0.25) is 0 Å². The normalized spacial score (nSPS) is 14.4. The van der Waals surface area contributed by atoms with Gasteiger partial charge in [0.1, 0.15) is 17.2 Å². The Morgan fingerprint density at radius 2 is 1.46 bits per heavy atom. The molecule has 0 aliphatic heterocycles. The molecule has 1 aliphatic rings. The molecule has 1 aromatic heterocycles. The molecule has 0 unspecified atom stereocenters. The van der Waals surface area contributed by atoms with Crippen LogP contribution in [0, 0.1) is 0 Å². The van der Waals surface area contributed by atoms with Crippen LogP contribution in [-0.4, -0.2) is 29.0 Å². The van der Waals surface area contributed by atoms with Crippen LogP contribution in [0.4, 0.5) is 0 Å². The Kier molecular flexibility index (Phi) is 5.62. The SMILES string of the molecule is COc1ccccc1-c1nc(SC2CCCC2)n(C)c1-c1ccccc1OC. The zero-order valence-corrected chi connectivity index (χ0v) is 17.5. The Bertz CT molecular complexity index is 961. The minimum Gasteiger partial charge on any atom is -0.496 e. The molecule has 2 aromatic carbocycles. The Morgan fingerprint density at radius 1 is 0.893 bits per heavy atom. The fraction of sp³-hybridized carbons (Fsp3) is 0.348. The predicted molar refractivity (Wildman–Crippen MR) is 115 cm³/mol. The maximum atomic E-state index is 5.67. The van der Waals surface area contributed by atoms with E-state index in [2.05, 4.69) is 23.7 Å². The lowest BCUT2D eigenvalue weighted by Crippen LogP contribution is -2.00. The van der Waals surface area contributed by atoms with Crippen LogP contribution in [0.1, 0.15) is 25.7 Å². The van der Waals surface area contributed by atoms with E-state index in [0.717, 1.165) is 39.2 Å². The molecule has 0 bridgehead atoms. The number of methoxy groups -OCH3 is 2. The van der Waals surface area contributed by atoms with Crippen LogP contribution >= 0.6 is 11.8 Å². The van der Waals surface area contributed by atoms with Gasteiger partial charge in [0.25, 0.3) is 0 Å². The quantitative estimate of drug-likeness (QED) is 0.529. The summed E-state index contributed by atoms with van der Waals surface area (Å²) < 4.78 is 13.5. The van der Waals surface area contributed by atoms with Crippen molar-refractivity contribution in [2.75, 3.05) is 14.2 Å². The molecule has 0 radical (unpaired) electrons. The first-order chi connectivity index (χ1) is 13.7. The number of para-hydroxylation sites is 2.